The number of benzene rings is 2. The number of rotatable bonds is 6. The second-order valence-electron chi connectivity index (χ2n) is 9.69. The fourth-order valence-corrected chi connectivity index (χ4v) is 5.02. The maximum atomic E-state index is 13.6. The molecule has 4 rings (SSSR count). The maximum Gasteiger partial charge on any atom is 0.416 e. The number of hydrogen-bond acceptors (Lipinski definition) is 3. The molecule has 0 radical (unpaired) electrons. The Balaban J connectivity index is 1.82. The Bertz CT molecular complexity index is 1240. The van der Waals surface area contributed by atoms with Crippen molar-refractivity contribution in [1.29, 1.82) is 0 Å². The molecule has 14 heteroatoms. The minimum absolute atomic E-state index is 0.0199. The van der Waals surface area contributed by atoms with Gasteiger partial charge in [0.25, 0.3) is 0 Å². The zero-order valence-corrected chi connectivity index (χ0v) is 20.8. The third kappa shape index (κ3) is 6.15. The molecule has 218 valence electrons. The van der Waals surface area contributed by atoms with Crippen molar-refractivity contribution in [3.8, 4) is 0 Å². The molecule has 40 heavy (non-hydrogen) atoms. The van der Waals surface area contributed by atoms with Crippen LogP contribution in [-0.2, 0) is 34.6 Å². The van der Waals surface area contributed by atoms with E-state index in [4.69, 9.17) is 4.74 Å². The summed E-state index contributed by atoms with van der Waals surface area (Å²) in [6, 6.07) is 1.62. The number of anilines is 1. The molecule has 2 aromatic carbocycles. The van der Waals surface area contributed by atoms with Gasteiger partial charge in [0.2, 0.25) is 6.41 Å². The predicted octanol–water partition coefficient (Wildman–Crippen LogP) is 7.59. The van der Waals surface area contributed by atoms with Crippen LogP contribution in [-0.4, -0.2) is 30.1 Å². The lowest BCUT2D eigenvalue weighted by Gasteiger charge is -2.43. The van der Waals surface area contributed by atoms with Crippen LogP contribution in [0.4, 0.5) is 50.0 Å². The summed E-state index contributed by atoms with van der Waals surface area (Å²) in [5.41, 5.74) is -4.90. The molecule has 5 nitrogen and oxygen atoms in total. The number of fused-ring (bicyclic) bond motifs is 1. The number of alkyl halides is 9. The highest BCUT2D eigenvalue weighted by Gasteiger charge is 2.47. The van der Waals surface area contributed by atoms with Crippen LogP contribution >= 0.6 is 0 Å². The summed E-state index contributed by atoms with van der Waals surface area (Å²) in [6.45, 7) is 0.764. The smallest absolute Gasteiger partial charge is 0.416 e. The number of nitrogens with zero attached hydrogens (tertiary/aromatic N) is 2. The molecule has 1 fully saturated rings. The Morgan fingerprint density at radius 1 is 0.925 bits per heavy atom. The number of amides is 2. The molecule has 1 aliphatic heterocycles. The summed E-state index contributed by atoms with van der Waals surface area (Å²) in [7, 11) is 0. The molecule has 1 aliphatic carbocycles. The zero-order chi connectivity index (χ0) is 29.6. The van der Waals surface area contributed by atoms with Crippen LogP contribution in [0.3, 0.4) is 0 Å². The van der Waals surface area contributed by atoms with Gasteiger partial charge in [0.05, 0.1) is 35.0 Å². The van der Waals surface area contributed by atoms with E-state index < -0.39 is 65.5 Å². The fraction of sp³-hybridized carbons (Fsp3) is 0.462. The minimum atomic E-state index is -5.13. The average molecular weight is 582 g/mol. The number of halogens is 9. The van der Waals surface area contributed by atoms with E-state index >= 15 is 0 Å². The summed E-state index contributed by atoms with van der Waals surface area (Å²) in [5, 5.41) is 0. The van der Waals surface area contributed by atoms with Gasteiger partial charge in [-0.15, -0.1) is 0 Å². The first kappa shape index (κ1) is 29.5. The molecule has 2 amide bonds. The predicted molar refractivity (Wildman–Crippen MR) is 123 cm³/mol. The van der Waals surface area contributed by atoms with Crippen LogP contribution in [0.5, 0.6) is 0 Å². The average Bonchev–Trinajstić information content (AvgIpc) is 3.70. The van der Waals surface area contributed by atoms with Crippen molar-refractivity contribution in [3.05, 3.63) is 64.2 Å². The Kier molecular flexibility index (Phi) is 7.76. The largest absolute Gasteiger partial charge is 0.449 e. The summed E-state index contributed by atoms with van der Waals surface area (Å²) >= 11 is 0. The molecular formula is C26H23F9N2O3. The van der Waals surface area contributed by atoms with E-state index in [-0.39, 0.29) is 42.7 Å². The number of carbonyl (C=O) groups is 2. The molecule has 2 aliphatic rings. The van der Waals surface area contributed by atoms with Crippen molar-refractivity contribution < 1.29 is 53.8 Å². The van der Waals surface area contributed by atoms with E-state index in [1.807, 2.05) is 0 Å². The second-order valence-corrected chi connectivity index (χ2v) is 9.69. The molecule has 2 atom stereocenters. The molecule has 0 spiro atoms. The van der Waals surface area contributed by atoms with E-state index in [9.17, 15) is 49.1 Å². The van der Waals surface area contributed by atoms with E-state index in [0.29, 0.717) is 25.0 Å². The normalized spacial score (nSPS) is 19.7. The molecule has 0 bridgehead atoms. The molecule has 1 saturated carbocycles. The van der Waals surface area contributed by atoms with Crippen LogP contribution in [0, 0.1) is 5.92 Å². The Hall–Kier alpha value is -3.45. The van der Waals surface area contributed by atoms with Crippen molar-refractivity contribution in [2.24, 2.45) is 5.92 Å². The third-order valence-electron chi connectivity index (χ3n) is 6.95. The molecule has 0 aromatic heterocycles. The highest BCUT2D eigenvalue weighted by molar-refractivity contribution is 5.90. The summed E-state index contributed by atoms with van der Waals surface area (Å²) < 4.78 is 126. The van der Waals surface area contributed by atoms with Gasteiger partial charge < -0.3 is 9.64 Å². The summed E-state index contributed by atoms with van der Waals surface area (Å²) in [4.78, 5) is 27.2. The molecule has 0 saturated heterocycles. The van der Waals surface area contributed by atoms with Crippen LogP contribution < -0.4 is 4.90 Å². The number of ether oxygens (including phenoxy) is 1. The highest BCUT2D eigenvalue weighted by Crippen LogP contribution is 2.49. The lowest BCUT2D eigenvalue weighted by atomic mass is 9.86. The monoisotopic (exact) mass is 582 g/mol. The number of hydrogen-bond donors (Lipinski definition) is 0. The molecule has 0 N–H and O–H groups in total. The first-order valence-electron chi connectivity index (χ1n) is 12.2. The number of carbonyl (C=O) groups excluding carboxylic acids is 2. The van der Waals surface area contributed by atoms with E-state index in [1.54, 1.807) is 6.92 Å². The topological polar surface area (TPSA) is 49.9 Å². The second kappa shape index (κ2) is 10.5. The highest BCUT2D eigenvalue weighted by atomic mass is 19.4. The van der Waals surface area contributed by atoms with Crippen LogP contribution in [0.2, 0.25) is 0 Å². The minimum Gasteiger partial charge on any atom is -0.449 e. The van der Waals surface area contributed by atoms with Gasteiger partial charge in [-0.1, -0.05) is 0 Å². The van der Waals surface area contributed by atoms with E-state index in [1.165, 1.54) is 4.90 Å². The lowest BCUT2D eigenvalue weighted by Crippen LogP contribution is -2.49. The van der Waals surface area contributed by atoms with Gasteiger partial charge in [0, 0.05) is 12.6 Å². The first-order valence-corrected chi connectivity index (χ1v) is 12.2. The summed E-state index contributed by atoms with van der Waals surface area (Å²) in [5.74, 6) is -0.0822. The fourth-order valence-electron chi connectivity index (χ4n) is 5.02. The maximum absolute atomic E-state index is 13.6. The van der Waals surface area contributed by atoms with Crippen LogP contribution in [0.15, 0.2) is 36.4 Å². The standard InChI is InChI=1S/C26H23F9N2O3/c1-2-40-23(39)37-20-6-5-16(24(27,28)29)10-19(20)22(11-21(37)15-3-4-15)36(13-38)12-14-7-17(25(30,31)32)9-18(8-14)26(33,34)35/h5-10,13,15,21-22H,2-4,11-12H2,1H3/t21-,22-/m0/s1. The van der Waals surface area contributed by atoms with Gasteiger partial charge in [0.15, 0.2) is 0 Å². The van der Waals surface area contributed by atoms with E-state index in [2.05, 4.69) is 0 Å². The third-order valence-corrected chi connectivity index (χ3v) is 6.95. The van der Waals surface area contributed by atoms with Crippen LogP contribution in [0.1, 0.15) is 60.0 Å². The Morgan fingerprint density at radius 2 is 1.50 bits per heavy atom. The lowest BCUT2D eigenvalue weighted by molar-refractivity contribution is -0.143. The summed E-state index contributed by atoms with van der Waals surface area (Å²) in [6.07, 6.45) is -14.5. The van der Waals surface area contributed by atoms with Crippen molar-refractivity contribution in [3.63, 3.8) is 0 Å². The SMILES string of the molecule is CCOC(=O)N1c2ccc(C(F)(F)F)cc2[C@@H](N(C=O)Cc2cc(C(F)(F)F)cc(C(F)(F)F)c2)C[C@H]1C1CC1. The Labute approximate surface area is 222 Å². The quantitative estimate of drug-likeness (QED) is 0.261. The van der Waals surface area contributed by atoms with Gasteiger partial charge >= 0.3 is 24.6 Å². The van der Waals surface area contributed by atoms with Gasteiger partial charge in [0.1, 0.15) is 0 Å². The molecule has 0 unspecified atom stereocenters. The van der Waals surface area contributed by atoms with Crippen LogP contribution in [0.25, 0.3) is 0 Å². The van der Waals surface area contributed by atoms with Gasteiger partial charge in [-0.05, 0) is 79.6 Å². The van der Waals surface area contributed by atoms with Crippen molar-refractivity contribution in [2.45, 2.75) is 63.3 Å². The first-order chi connectivity index (χ1) is 18.5. The van der Waals surface area contributed by atoms with Gasteiger partial charge in [-0.3, -0.25) is 9.69 Å². The molecular weight excluding hydrogens is 559 g/mol. The molecule has 1 heterocycles. The molecule has 2 aromatic rings. The van der Waals surface area contributed by atoms with Gasteiger partial charge in [-0.2, -0.15) is 39.5 Å². The zero-order valence-electron chi connectivity index (χ0n) is 20.8. The van der Waals surface area contributed by atoms with E-state index in [0.717, 1.165) is 23.1 Å². The van der Waals surface area contributed by atoms with Crippen molar-refractivity contribution >= 4 is 18.2 Å². The van der Waals surface area contributed by atoms with Gasteiger partial charge in [-0.25, -0.2) is 4.79 Å². The van der Waals surface area contributed by atoms with Crippen molar-refractivity contribution in [2.75, 3.05) is 11.5 Å². The van der Waals surface area contributed by atoms with Crippen molar-refractivity contribution in [1.82, 2.24) is 4.90 Å². The Morgan fingerprint density at radius 3 is 1.98 bits per heavy atom.